The molecule has 0 saturated carbocycles. The smallest absolute Gasteiger partial charge is 0.407 e. The molecule has 0 radical (unpaired) electrons. The molecule has 0 atom stereocenters. The maximum absolute atomic E-state index is 12.6. The lowest BCUT2D eigenvalue weighted by Gasteiger charge is -2.22. The number of hydrogen-bond acceptors (Lipinski definition) is 6. The summed E-state index contributed by atoms with van der Waals surface area (Å²) in [6.45, 7) is 4.54. The number of aromatic nitrogens is 2. The molecule has 3 N–H and O–H groups in total. The first-order chi connectivity index (χ1) is 13.5. The van der Waals surface area contributed by atoms with E-state index < -0.39 is 35.7 Å². The van der Waals surface area contributed by atoms with Crippen molar-refractivity contribution in [2.45, 2.75) is 32.8 Å². The van der Waals surface area contributed by atoms with Gasteiger partial charge >= 0.3 is 12.1 Å². The van der Waals surface area contributed by atoms with Gasteiger partial charge in [0, 0.05) is 30.2 Å². The average Bonchev–Trinajstić information content (AvgIpc) is 2.59. The van der Waals surface area contributed by atoms with Crippen LogP contribution in [0.15, 0.2) is 29.2 Å². The Labute approximate surface area is 166 Å². The number of carbonyl (C=O) groups is 3. The van der Waals surface area contributed by atoms with Crippen LogP contribution < -0.4 is 10.9 Å². The largest absolute Gasteiger partial charge is 0.480 e. The highest BCUT2D eigenvalue weighted by Gasteiger charge is 2.20. The molecule has 0 aliphatic carbocycles. The number of H-pyrrole nitrogens is 1. The van der Waals surface area contributed by atoms with Crippen molar-refractivity contribution in [3.8, 4) is 0 Å². The molecule has 0 aliphatic heterocycles. The minimum Gasteiger partial charge on any atom is -0.480 e. The monoisotopic (exact) mass is 404 g/mol. The number of amides is 2. The van der Waals surface area contributed by atoms with Crippen LogP contribution in [0.5, 0.6) is 0 Å². The second-order valence-corrected chi connectivity index (χ2v) is 7.38. The molecule has 29 heavy (non-hydrogen) atoms. The van der Waals surface area contributed by atoms with Crippen LogP contribution in [0.25, 0.3) is 11.0 Å². The Bertz CT molecular complexity index is 963. The first kappa shape index (κ1) is 21.9. The summed E-state index contributed by atoms with van der Waals surface area (Å²) in [4.78, 5) is 55.3. The van der Waals surface area contributed by atoms with E-state index >= 15 is 0 Å². The van der Waals surface area contributed by atoms with Gasteiger partial charge in [-0.1, -0.05) is 0 Å². The normalized spacial score (nSPS) is 11.1. The third kappa shape index (κ3) is 6.91. The van der Waals surface area contributed by atoms with E-state index in [0.29, 0.717) is 11.0 Å². The summed E-state index contributed by atoms with van der Waals surface area (Å²) < 4.78 is 5.09. The molecule has 10 nitrogen and oxygen atoms in total. The summed E-state index contributed by atoms with van der Waals surface area (Å²) in [7, 11) is 0. The third-order valence-corrected chi connectivity index (χ3v) is 3.76. The number of carboxylic acids is 1. The molecule has 2 amide bonds. The fraction of sp³-hybridized carbons (Fsp3) is 0.421. The van der Waals surface area contributed by atoms with Crippen molar-refractivity contribution >= 4 is 29.0 Å². The Balaban J connectivity index is 2.05. The van der Waals surface area contributed by atoms with E-state index in [-0.39, 0.29) is 25.1 Å². The van der Waals surface area contributed by atoms with E-state index in [1.807, 2.05) is 0 Å². The lowest BCUT2D eigenvalue weighted by Crippen LogP contribution is -2.43. The zero-order chi connectivity index (χ0) is 21.6. The number of aliphatic carboxylic acids is 1. The number of ether oxygens (including phenoxy) is 1. The first-order valence-corrected chi connectivity index (χ1v) is 8.98. The highest BCUT2D eigenvalue weighted by Crippen LogP contribution is 2.09. The Kier molecular flexibility index (Phi) is 6.92. The molecule has 0 spiro atoms. The van der Waals surface area contributed by atoms with Crippen LogP contribution >= 0.6 is 0 Å². The predicted octanol–water partition coefficient (Wildman–Crippen LogP) is 0.903. The van der Waals surface area contributed by atoms with Crippen molar-refractivity contribution in [2.75, 3.05) is 19.6 Å². The van der Waals surface area contributed by atoms with Gasteiger partial charge in [0.25, 0.3) is 5.56 Å². The molecule has 0 saturated heterocycles. The summed E-state index contributed by atoms with van der Waals surface area (Å²) >= 11 is 0. The molecule has 2 aromatic rings. The minimum absolute atomic E-state index is 0.00588. The van der Waals surface area contributed by atoms with Crippen molar-refractivity contribution in [1.29, 1.82) is 0 Å². The highest BCUT2D eigenvalue weighted by atomic mass is 16.6. The number of nitrogens with zero attached hydrogens (tertiary/aromatic N) is 2. The number of alkyl carbamates (subject to hydrolysis) is 1. The van der Waals surface area contributed by atoms with Gasteiger partial charge in [-0.2, -0.15) is 0 Å². The number of aromatic amines is 1. The first-order valence-electron chi connectivity index (χ1n) is 8.98. The molecule has 0 aromatic carbocycles. The Hall–Kier alpha value is -3.43. The summed E-state index contributed by atoms with van der Waals surface area (Å²) in [6.07, 6.45) is 0.591. The van der Waals surface area contributed by atoms with Crippen molar-refractivity contribution in [3.63, 3.8) is 0 Å². The molecule has 2 aromatic heterocycles. The van der Waals surface area contributed by atoms with E-state index in [2.05, 4.69) is 15.3 Å². The molecule has 0 aliphatic rings. The van der Waals surface area contributed by atoms with E-state index in [0.717, 1.165) is 4.90 Å². The van der Waals surface area contributed by atoms with Gasteiger partial charge in [0.05, 0.1) is 6.42 Å². The van der Waals surface area contributed by atoms with Crippen molar-refractivity contribution in [3.05, 3.63) is 40.3 Å². The SMILES string of the molecule is CC(C)(C)OC(=O)NCCN(CC(=O)O)C(=O)Cc1cc2cccnc2[nH]c1=O. The van der Waals surface area contributed by atoms with Crippen LogP contribution in [0.2, 0.25) is 0 Å². The number of nitrogens with one attached hydrogen (secondary N) is 2. The van der Waals surface area contributed by atoms with Crippen LogP contribution in [0, 0.1) is 0 Å². The van der Waals surface area contributed by atoms with Gasteiger partial charge in [-0.3, -0.25) is 14.4 Å². The fourth-order valence-electron chi connectivity index (χ4n) is 2.55. The summed E-state index contributed by atoms with van der Waals surface area (Å²) in [5.41, 5.74) is -0.539. The molecule has 10 heteroatoms. The van der Waals surface area contributed by atoms with Gasteiger partial charge in [-0.05, 0) is 39.0 Å². The second-order valence-electron chi connectivity index (χ2n) is 7.38. The summed E-state index contributed by atoms with van der Waals surface area (Å²) in [6, 6.07) is 4.99. The Morgan fingerprint density at radius 2 is 2.03 bits per heavy atom. The fourth-order valence-corrected chi connectivity index (χ4v) is 2.55. The predicted molar refractivity (Wildman–Crippen MR) is 105 cm³/mol. The minimum atomic E-state index is -1.20. The standard InChI is InChI=1S/C19H24N4O6/c1-19(2,3)29-18(28)21-7-8-23(11-15(25)26)14(24)10-13-9-12-5-4-6-20-16(12)22-17(13)27/h4-6,9H,7-8,10-11H2,1-3H3,(H,21,28)(H,25,26)(H,20,22,27). The molecule has 0 fully saturated rings. The number of pyridine rings is 2. The number of fused-ring (bicyclic) bond motifs is 1. The number of carbonyl (C=O) groups excluding carboxylic acids is 2. The lowest BCUT2D eigenvalue weighted by atomic mass is 10.1. The number of hydrogen-bond donors (Lipinski definition) is 3. The number of rotatable bonds is 7. The van der Waals surface area contributed by atoms with Gasteiger partial charge < -0.3 is 25.0 Å². The molecule has 0 bridgehead atoms. The van der Waals surface area contributed by atoms with E-state index in [1.54, 1.807) is 39.0 Å². The quantitative estimate of drug-likeness (QED) is 0.622. The third-order valence-electron chi connectivity index (χ3n) is 3.76. The van der Waals surface area contributed by atoms with Crippen molar-refractivity contribution in [1.82, 2.24) is 20.2 Å². The topological polar surface area (TPSA) is 142 Å². The van der Waals surface area contributed by atoms with Crippen molar-refractivity contribution in [2.24, 2.45) is 0 Å². The van der Waals surface area contributed by atoms with Crippen LogP contribution in [0.3, 0.4) is 0 Å². The van der Waals surface area contributed by atoms with E-state index in [4.69, 9.17) is 9.84 Å². The van der Waals surface area contributed by atoms with Gasteiger partial charge in [0.2, 0.25) is 5.91 Å². The molecule has 2 heterocycles. The second kappa shape index (κ2) is 9.18. The van der Waals surface area contributed by atoms with Gasteiger partial charge in [0.1, 0.15) is 17.8 Å². The molecular weight excluding hydrogens is 380 g/mol. The van der Waals surface area contributed by atoms with Crippen LogP contribution in [-0.2, 0) is 20.7 Å². The van der Waals surface area contributed by atoms with Crippen LogP contribution in [-0.4, -0.2) is 63.2 Å². The summed E-state index contributed by atoms with van der Waals surface area (Å²) in [5.74, 6) is -1.75. The van der Waals surface area contributed by atoms with Gasteiger partial charge in [0.15, 0.2) is 0 Å². The molecule has 156 valence electrons. The zero-order valence-corrected chi connectivity index (χ0v) is 16.5. The maximum atomic E-state index is 12.6. The molecule has 2 rings (SSSR count). The number of carboxylic acid groups (broad SMARTS) is 1. The van der Waals surface area contributed by atoms with Gasteiger partial charge in [-0.15, -0.1) is 0 Å². The van der Waals surface area contributed by atoms with Crippen molar-refractivity contribution < 1.29 is 24.2 Å². The highest BCUT2D eigenvalue weighted by molar-refractivity contribution is 5.84. The van der Waals surface area contributed by atoms with E-state index in [1.165, 1.54) is 6.20 Å². The van der Waals surface area contributed by atoms with E-state index in [9.17, 15) is 19.2 Å². The van der Waals surface area contributed by atoms with Crippen LogP contribution in [0.1, 0.15) is 26.3 Å². The zero-order valence-electron chi connectivity index (χ0n) is 16.5. The Morgan fingerprint density at radius 3 is 2.69 bits per heavy atom. The lowest BCUT2D eigenvalue weighted by molar-refractivity contribution is -0.144. The van der Waals surface area contributed by atoms with Gasteiger partial charge in [-0.25, -0.2) is 9.78 Å². The molecular formula is C19H24N4O6. The maximum Gasteiger partial charge on any atom is 0.407 e. The van der Waals surface area contributed by atoms with Crippen LogP contribution in [0.4, 0.5) is 4.79 Å². The Morgan fingerprint density at radius 1 is 1.31 bits per heavy atom. The molecule has 0 unspecified atom stereocenters. The summed E-state index contributed by atoms with van der Waals surface area (Å²) in [5, 5.41) is 12.2. The average molecular weight is 404 g/mol.